The molecule has 1 fully saturated rings. The highest BCUT2D eigenvalue weighted by atomic mass is 127. The first kappa shape index (κ1) is 16.7. The van der Waals surface area contributed by atoms with Crippen molar-refractivity contribution in [2.75, 3.05) is 0 Å². The van der Waals surface area contributed by atoms with Crippen molar-refractivity contribution in [3.05, 3.63) is 29.7 Å². The highest BCUT2D eigenvalue weighted by Gasteiger charge is 2.20. The summed E-state index contributed by atoms with van der Waals surface area (Å²) in [4.78, 5) is 4.08. The predicted molar refractivity (Wildman–Crippen MR) is 89.7 cm³/mol. The molecular weight excluding hydrogens is 375 g/mol. The number of aromatic nitrogens is 2. The molecule has 0 amide bonds. The lowest BCUT2D eigenvalue weighted by molar-refractivity contribution is 0.611. The highest BCUT2D eigenvalue weighted by molar-refractivity contribution is 14.1. The summed E-state index contributed by atoms with van der Waals surface area (Å²) in [5.41, 5.74) is 1.20. The van der Waals surface area contributed by atoms with Crippen LogP contribution in [0.1, 0.15) is 33.1 Å². The van der Waals surface area contributed by atoms with Gasteiger partial charge in [0.1, 0.15) is 28.2 Å². The number of aryl methyl sites for hydroxylation is 1. The van der Waals surface area contributed by atoms with Gasteiger partial charge >= 0.3 is 0 Å². The molecule has 5 heteroatoms. The Morgan fingerprint density at radius 3 is 2.68 bits per heavy atom. The van der Waals surface area contributed by atoms with Crippen molar-refractivity contribution in [3.63, 3.8) is 0 Å². The molecule has 1 aliphatic rings. The maximum Gasteiger partial charge on any atom is 0.138 e. The summed E-state index contributed by atoms with van der Waals surface area (Å²) >= 11 is 7.17. The Bertz CT molecular complexity index is 497. The van der Waals surface area contributed by atoms with Crippen LogP contribution in [0.4, 0.5) is 0 Å². The minimum Gasteiger partial charge on any atom is -0.347 e. The van der Waals surface area contributed by atoms with E-state index in [1.807, 2.05) is 19.9 Å². The summed E-state index contributed by atoms with van der Waals surface area (Å²) in [6.45, 7) is 5.11. The molecule has 0 radical (unpaired) electrons. The van der Waals surface area contributed by atoms with Crippen LogP contribution >= 0.6 is 34.6 Å². The smallest absolute Gasteiger partial charge is 0.138 e. The second-order valence-electron chi connectivity index (χ2n) is 4.28. The molecule has 19 heavy (non-hydrogen) atoms. The quantitative estimate of drug-likeness (QED) is 0.597. The van der Waals surface area contributed by atoms with E-state index in [9.17, 15) is 0 Å². The molecule has 2 heterocycles. The summed E-state index contributed by atoms with van der Waals surface area (Å²) < 4.78 is 9.25. The molecule has 2 aromatic rings. The molecule has 0 aromatic carbocycles. The standard InChI is InChI=1S/C12H13ClN2.C2H6.HIO/c13-12-10-5-8-15(7-4-9-1-2-9)11(10)3-6-14-12;2*1-2/h3,5-6,8-9H,1-2,4,7H2;1-2H3;2H. The van der Waals surface area contributed by atoms with Crippen LogP contribution in [-0.2, 0) is 6.54 Å². The number of hydrogen-bond donors (Lipinski definition) is 1. The SMILES string of the molecule is CC.Clc1nccc2c1ccn2CCC1CC1.OI. The monoisotopic (exact) mass is 394 g/mol. The molecule has 1 N–H and O–H groups in total. The Labute approximate surface area is 133 Å². The van der Waals surface area contributed by atoms with Gasteiger partial charge in [0.05, 0.1) is 5.52 Å². The third kappa shape index (κ3) is 4.61. The van der Waals surface area contributed by atoms with E-state index in [4.69, 9.17) is 15.0 Å². The fourth-order valence-corrected chi connectivity index (χ4v) is 2.23. The van der Waals surface area contributed by atoms with Gasteiger partial charge in [-0.15, -0.1) is 0 Å². The van der Waals surface area contributed by atoms with Crippen LogP contribution in [0.3, 0.4) is 0 Å². The zero-order valence-electron chi connectivity index (χ0n) is 11.3. The number of rotatable bonds is 3. The Kier molecular flexibility index (Phi) is 7.71. The van der Waals surface area contributed by atoms with Crippen LogP contribution in [0.2, 0.25) is 5.15 Å². The van der Waals surface area contributed by atoms with E-state index in [1.54, 1.807) is 6.20 Å². The van der Waals surface area contributed by atoms with E-state index < -0.39 is 0 Å². The first-order valence-electron chi connectivity index (χ1n) is 6.61. The maximum atomic E-state index is 6.97. The molecule has 1 saturated carbocycles. The van der Waals surface area contributed by atoms with Crippen molar-refractivity contribution < 1.29 is 3.44 Å². The number of halogens is 2. The number of fused-ring (bicyclic) bond motifs is 1. The van der Waals surface area contributed by atoms with Gasteiger partial charge in [0, 0.05) is 24.3 Å². The average molecular weight is 395 g/mol. The molecule has 2 aromatic heterocycles. The lowest BCUT2D eigenvalue weighted by Gasteiger charge is -2.04. The Morgan fingerprint density at radius 1 is 1.37 bits per heavy atom. The Balaban J connectivity index is 0.000000415. The minimum atomic E-state index is 0.609. The van der Waals surface area contributed by atoms with Crippen molar-refractivity contribution in [3.8, 4) is 0 Å². The van der Waals surface area contributed by atoms with Crippen LogP contribution in [0, 0.1) is 5.92 Å². The van der Waals surface area contributed by atoms with E-state index in [1.165, 1.54) is 24.8 Å². The maximum absolute atomic E-state index is 6.97. The van der Waals surface area contributed by atoms with Crippen LogP contribution < -0.4 is 0 Å². The average Bonchev–Trinajstić information content (AvgIpc) is 3.21. The number of pyridine rings is 1. The van der Waals surface area contributed by atoms with Crippen LogP contribution in [0.15, 0.2) is 24.5 Å². The van der Waals surface area contributed by atoms with Gasteiger partial charge in [-0.1, -0.05) is 38.3 Å². The minimum absolute atomic E-state index is 0.609. The molecule has 0 atom stereocenters. The fourth-order valence-electron chi connectivity index (χ4n) is 2.01. The number of nitrogens with zero attached hydrogens (tertiary/aromatic N) is 2. The molecule has 0 aliphatic heterocycles. The van der Waals surface area contributed by atoms with E-state index >= 15 is 0 Å². The normalized spacial score (nSPS) is 13.3. The van der Waals surface area contributed by atoms with Crippen molar-refractivity contribution in [2.24, 2.45) is 5.92 Å². The van der Waals surface area contributed by atoms with Crippen LogP contribution in [-0.4, -0.2) is 13.0 Å². The molecule has 0 bridgehead atoms. The van der Waals surface area contributed by atoms with Gasteiger partial charge in [0.15, 0.2) is 0 Å². The molecule has 0 saturated heterocycles. The molecule has 3 nitrogen and oxygen atoms in total. The van der Waals surface area contributed by atoms with Crippen molar-refractivity contribution in [1.82, 2.24) is 9.55 Å². The fraction of sp³-hybridized carbons (Fsp3) is 0.500. The summed E-state index contributed by atoms with van der Waals surface area (Å²) in [6.07, 6.45) is 8.02. The van der Waals surface area contributed by atoms with Gasteiger partial charge in [-0.25, -0.2) is 4.98 Å². The molecule has 0 spiro atoms. The highest BCUT2D eigenvalue weighted by Crippen LogP contribution is 2.33. The third-order valence-corrected chi connectivity index (χ3v) is 3.43. The first-order valence-corrected chi connectivity index (χ1v) is 7.95. The van der Waals surface area contributed by atoms with E-state index in [2.05, 4.69) is 21.8 Å². The second-order valence-corrected chi connectivity index (χ2v) is 4.63. The van der Waals surface area contributed by atoms with Gasteiger partial charge in [-0.3, -0.25) is 0 Å². The summed E-state index contributed by atoms with van der Waals surface area (Å²) in [5.74, 6) is 0.972. The van der Waals surface area contributed by atoms with Crippen LogP contribution in [0.5, 0.6) is 0 Å². The van der Waals surface area contributed by atoms with E-state index in [0.29, 0.717) is 5.15 Å². The summed E-state index contributed by atoms with van der Waals surface area (Å²) in [5, 5.41) is 1.67. The lowest BCUT2D eigenvalue weighted by Crippen LogP contribution is -1.96. The molecule has 3 rings (SSSR count). The van der Waals surface area contributed by atoms with Gasteiger partial charge in [-0.2, -0.15) is 0 Å². The van der Waals surface area contributed by atoms with Crippen molar-refractivity contribution in [1.29, 1.82) is 0 Å². The number of hydrogen-bond acceptors (Lipinski definition) is 2. The first-order chi connectivity index (χ1) is 9.34. The van der Waals surface area contributed by atoms with E-state index in [-0.39, 0.29) is 0 Å². The molecule has 1 aliphatic carbocycles. The zero-order chi connectivity index (χ0) is 14.3. The third-order valence-electron chi connectivity index (χ3n) is 3.12. The largest absolute Gasteiger partial charge is 0.347 e. The lowest BCUT2D eigenvalue weighted by atomic mass is 10.3. The van der Waals surface area contributed by atoms with Gasteiger partial charge < -0.3 is 8.00 Å². The summed E-state index contributed by atoms with van der Waals surface area (Å²) in [6, 6.07) is 4.09. The Hall–Kier alpha value is -0.330. The van der Waals surface area contributed by atoms with Crippen molar-refractivity contribution in [2.45, 2.75) is 39.7 Å². The van der Waals surface area contributed by atoms with Gasteiger partial charge in [0.25, 0.3) is 0 Å². The van der Waals surface area contributed by atoms with Gasteiger partial charge in [-0.05, 0) is 24.5 Å². The molecule has 0 unspecified atom stereocenters. The topological polar surface area (TPSA) is 38.0 Å². The molecule has 106 valence electrons. The second kappa shape index (κ2) is 8.76. The van der Waals surface area contributed by atoms with E-state index in [0.717, 1.165) is 40.9 Å². The summed E-state index contributed by atoms with van der Waals surface area (Å²) in [7, 11) is 0. The van der Waals surface area contributed by atoms with Crippen molar-refractivity contribution >= 4 is 45.5 Å². The Morgan fingerprint density at radius 2 is 2.05 bits per heavy atom. The van der Waals surface area contributed by atoms with Crippen LogP contribution in [0.25, 0.3) is 10.9 Å². The van der Waals surface area contributed by atoms with Gasteiger partial charge in [0.2, 0.25) is 0 Å². The predicted octanol–water partition coefficient (Wildman–Crippen LogP) is 4.84. The zero-order valence-corrected chi connectivity index (χ0v) is 14.2. The molecular formula is C14H20ClIN2O.